The first-order chi connectivity index (χ1) is 45.9. The van der Waals surface area contributed by atoms with Gasteiger partial charge < -0.3 is 53.8 Å². The minimum Gasteiger partial charge on any atom is -0.383 e. The van der Waals surface area contributed by atoms with Gasteiger partial charge in [0.1, 0.15) is 54.1 Å². The van der Waals surface area contributed by atoms with Gasteiger partial charge in [0.05, 0.1) is 36.1 Å². The Hall–Kier alpha value is -11.5. The van der Waals surface area contributed by atoms with Gasteiger partial charge in [-0.05, 0) is 85.9 Å². The number of nitrogens with two attached hydrogens (primary N) is 7. The molecule has 99 heavy (non-hydrogen) atoms. The lowest BCUT2D eigenvalue weighted by molar-refractivity contribution is 0.405. The summed E-state index contributed by atoms with van der Waals surface area (Å²) in [6.07, 6.45) is 21.7. The smallest absolute Gasteiger partial charge is 0.280 e. The Morgan fingerprint density at radius 1 is 0.374 bits per heavy atom. The molecule has 33 nitrogen and oxygen atoms in total. The highest BCUT2D eigenvalue weighted by Crippen LogP contribution is 2.30. The molecule has 15 N–H and O–H groups in total. The molecule has 524 valence electrons. The number of H-pyrrole nitrogens is 1. The van der Waals surface area contributed by atoms with Crippen molar-refractivity contribution >= 4 is 96.8 Å². The number of aromatic amines is 1. The van der Waals surface area contributed by atoms with Crippen LogP contribution >= 0.6 is 0 Å². The number of nitrogens with zero attached hydrogens (tertiary/aromatic N) is 24. The molecule has 0 aliphatic rings. The third-order valence-electron chi connectivity index (χ3n) is 15.2. The molecule has 0 aliphatic heterocycles. The van der Waals surface area contributed by atoms with E-state index in [1.165, 1.54) is 31.6 Å². The van der Waals surface area contributed by atoms with Crippen LogP contribution in [0.4, 0.5) is 41.0 Å². The van der Waals surface area contributed by atoms with Crippen LogP contribution in [-0.4, -0.2) is 122 Å². The van der Waals surface area contributed by atoms with Crippen LogP contribution in [0.25, 0.3) is 55.8 Å². The van der Waals surface area contributed by atoms with E-state index in [4.69, 9.17) is 40.1 Å². The fraction of sp³-hybridized carbons (Fsp3) is 0.424. The highest BCUT2D eigenvalue weighted by Gasteiger charge is 2.25. The summed E-state index contributed by atoms with van der Waals surface area (Å²) < 4.78 is 13.0. The Balaban J connectivity index is 0.000000147. The zero-order chi connectivity index (χ0) is 73.3. The van der Waals surface area contributed by atoms with E-state index in [-0.39, 0.29) is 49.8 Å². The molecule has 33 heteroatoms. The summed E-state index contributed by atoms with van der Waals surface area (Å²) in [5.41, 5.74) is 49.9. The van der Waals surface area contributed by atoms with Crippen LogP contribution in [0, 0.1) is 0 Å². The van der Waals surface area contributed by atoms with E-state index in [0.717, 1.165) is 56.1 Å². The molecule has 0 aromatic carbocycles. The van der Waals surface area contributed by atoms with Gasteiger partial charge in [-0.3, -0.25) is 14.2 Å². The maximum Gasteiger partial charge on any atom is 0.280 e. The van der Waals surface area contributed by atoms with Crippen molar-refractivity contribution in [1.82, 2.24) is 122 Å². The van der Waals surface area contributed by atoms with Gasteiger partial charge >= 0.3 is 0 Å². The highest BCUT2D eigenvalue weighted by atomic mass is 16.1. The van der Waals surface area contributed by atoms with Crippen LogP contribution in [0.5, 0.6) is 0 Å². The summed E-state index contributed by atoms with van der Waals surface area (Å²) >= 11 is 0. The number of imidazole rings is 4. The second-order valence-electron chi connectivity index (χ2n) is 30.3. The van der Waals surface area contributed by atoms with E-state index < -0.39 is 0 Å². The maximum absolute atomic E-state index is 11.5. The van der Waals surface area contributed by atoms with Crippen LogP contribution in [0.3, 0.4) is 0 Å². The largest absolute Gasteiger partial charge is 0.383 e. The van der Waals surface area contributed by atoms with Gasteiger partial charge in [0, 0.05) is 74.6 Å². The summed E-state index contributed by atoms with van der Waals surface area (Å²) in [4.78, 5) is 70.8. The second kappa shape index (κ2) is 27.5. The number of fused-ring (bicyclic) bond motifs is 7. The van der Waals surface area contributed by atoms with Crippen LogP contribution in [-0.2, 0) is 38.3 Å². The van der Waals surface area contributed by atoms with E-state index in [0.29, 0.717) is 57.4 Å². The van der Waals surface area contributed by atoms with Crippen molar-refractivity contribution in [1.29, 1.82) is 0 Å². The number of nitrogens with one attached hydrogen (secondary N) is 1. The molecule has 0 saturated heterocycles. The molecule has 0 atom stereocenters. The molecule has 0 fully saturated rings. The fourth-order valence-electron chi connectivity index (χ4n) is 9.99. The van der Waals surface area contributed by atoms with Gasteiger partial charge in [0.2, 0.25) is 11.9 Å². The summed E-state index contributed by atoms with van der Waals surface area (Å²) in [6.45, 7) is 44.2. The van der Waals surface area contributed by atoms with Gasteiger partial charge in [-0.15, -0.1) is 0 Å². The minimum atomic E-state index is -0.305. The Labute approximate surface area is 572 Å². The third-order valence-corrected chi connectivity index (χ3v) is 15.2. The van der Waals surface area contributed by atoms with Crippen LogP contribution in [0.1, 0.15) is 168 Å². The number of nitrogen functional groups attached to an aromatic ring is 7. The SMILES string of the molecule is CC(C)(C)c1ccc2c(N)ncnn12.CC(C)(C)c1cnc2c(N)nccn12.CC(C)(C)c1cnc2c(N)ncnn12.CC(C)(C)c1cnn2c(N)ncnc12.CC(C)(C)n1ccc2c(N)ncnc21.CC(C)(C)n1cnc2c(=O)[nH]c(N)nc21.CC(C)(C)n1cnc2c(N)ncnc21. The molecule has 14 aromatic heterocycles. The molecule has 0 spiro atoms. The molecule has 0 amide bonds. The molecule has 0 bridgehead atoms. The molecule has 0 aliphatic carbocycles. The van der Waals surface area contributed by atoms with Crippen molar-refractivity contribution in [2.45, 2.75) is 184 Å². The fourth-order valence-corrected chi connectivity index (χ4v) is 9.99. The Morgan fingerprint density at radius 2 is 0.889 bits per heavy atom. The molecule has 14 rings (SSSR count). The summed E-state index contributed by atoms with van der Waals surface area (Å²) in [5.74, 6) is 2.86. The highest BCUT2D eigenvalue weighted by molar-refractivity contribution is 5.86. The number of hydrogen-bond donors (Lipinski definition) is 8. The molecule has 14 aromatic rings. The molecular weight excluding hydrogens is 1260 g/mol. The van der Waals surface area contributed by atoms with Gasteiger partial charge in [-0.1, -0.05) is 83.1 Å². The average Bonchev–Trinajstić information content (AvgIpc) is 1.59. The monoisotopic (exact) mass is 1350 g/mol. The normalized spacial score (nSPS) is 12.2. The summed E-state index contributed by atoms with van der Waals surface area (Å²) in [7, 11) is 0. The van der Waals surface area contributed by atoms with E-state index in [1.54, 1.807) is 40.3 Å². The average molecular weight is 1350 g/mol. The maximum atomic E-state index is 11.5. The van der Waals surface area contributed by atoms with Crippen LogP contribution < -0.4 is 45.7 Å². The van der Waals surface area contributed by atoms with Gasteiger partial charge in [0.15, 0.2) is 57.0 Å². The van der Waals surface area contributed by atoms with Gasteiger partial charge in [-0.2, -0.15) is 24.8 Å². The topological polar surface area (TPSA) is 467 Å². The first-order valence-corrected chi connectivity index (χ1v) is 31.7. The van der Waals surface area contributed by atoms with E-state index in [9.17, 15) is 4.79 Å². The standard InChI is InChI=1S/3C10H14N4.C9H13N5O.3C9H13N5/c1-10(2,3)7-6-13-9-8(11)12-4-5-14(7)9;1-10(2,3)14-5-4-7-8(11)12-6-13-9(7)14;1-10(2,3)8-5-4-7-9(11)12-6-13-14(7)8;1-9(2,3)14-4-11-5-6(14)12-8(10)13-7(5)15;1-9(2,3)14-5-13-6-7(10)11-4-12-8(6)14;1-9(2,3)6-4-11-8-7(10)12-5-13-14(6)8;1-9(2,3)6-4-13-14-7(6)11-5-12-8(14)10/h4-6H,1-3H3,(H2,11,12);2*4-6H,1-3H3,(H2,11,12,13);4H,1-3H3,(H3,10,12,13,15);4-5H,1-3H3,(H2,10,11,12);4-5H,1-3H3,(H2,10,12,13);4-5H,1-3H3,(H2,10,11,12). The summed E-state index contributed by atoms with van der Waals surface area (Å²) in [5, 5.41) is 13.4. The van der Waals surface area contributed by atoms with E-state index in [1.807, 2.05) is 75.6 Å². The van der Waals surface area contributed by atoms with Crippen LogP contribution in [0.15, 0.2) is 104 Å². The lowest BCUT2D eigenvalue weighted by Gasteiger charge is -2.21. The Kier molecular flexibility index (Phi) is 20.4. The van der Waals surface area contributed by atoms with Crippen molar-refractivity contribution in [2.75, 3.05) is 40.1 Å². The molecule has 0 unspecified atom stereocenters. The molecule has 0 saturated carbocycles. The Bertz CT molecular complexity index is 4460. The number of rotatable bonds is 0. The molecular formula is C66H94N32O. The minimum absolute atomic E-state index is 0.000208. The van der Waals surface area contributed by atoms with E-state index in [2.05, 4.69) is 219 Å². The predicted octanol–water partition coefficient (Wildman–Crippen LogP) is 8.61. The number of anilines is 7. The van der Waals surface area contributed by atoms with Crippen LogP contribution in [0.2, 0.25) is 0 Å². The van der Waals surface area contributed by atoms with Crippen molar-refractivity contribution in [2.24, 2.45) is 0 Å². The van der Waals surface area contributed by atoms with Gasteiger partial charge in [-0.25, -0.2) is 73.8 Å². The van der Waals surface area contributed by atoms with E-state index >= 15 is 0 Å². The first-order valence-electron chi connectivity index (χ1n) is 31.7. The molecule has 14 heterocycles. The van der Waals surface area contributed by atoms with Crippen molar-refractivity contribution < 1.29 is 0 Å². The lowest BCUT2D eigenvalue weighted by atomic mass is 9.89. The zero-order valence-corrected chi connectivity index (χ0v) is 60.4. The second-order valence-corrected chi connectivity index (χ2v) is 30.3. The predicted molar refractivity (Wildman–Crippen MR) is 389 cm³/mol. The zero-order valence-electron chi connectivity index (χ0n) is 60.4. The number of hydrogen-bond acceptors (Lipinski definition) is 25. The lowest BCUT2D eigenvalue weighted by Crippen LogP contribution is -2.22. The van der Waals surface area contributed by atoms with Crippen molar-refractivity contribution in [3.8, 4) is 0 Å². The van der Waals surface area contributed by atoms with Crippen molar-refractivity contribution in [3.63, 3.8) is 0 Å². The first kappa shape index (κ1) is 73.3. The number of aromatic nitrogens is 25. The quantitative estimate of drug-likeness (QED) is 0.0704. The van der Waals surface area contributed by atoms with Gasteiger partial charge in [0.25, 0.3) is 5.56 Å². The third kappa shape index (κ3) is 16.5. The van der Waals surface area contributed by atoms with Crippen molar-refractivity contribution in [3.05, 3.63) is 133 Å². The molecule has 0 radical (unpaired) electrons. The Morgan fingerprint density at radius 3 is 1.49 bits per heavy atom. The summed E-state index contributed by atoms with van der Waals surface area (Å²) in [6, 6.07) is 5.95.